The summed E-state index contributed by atoms with van der Waals surface area (Å²) in [6, 6.07) is 5.99. The van der Waals surface area contributed by atoms with Gasteiger partial charge in [-0.2, -0.15) is 0 Å². The van der Waals surface area contributed by atoms with Crippen LogP contribution in [-0.2, 0) is 7.05 Å². The van der Waals surface area contributed by atoms with Gasteiger partial charge in [-0.05, 0) is 49.5 Å². The second-order valence-corrected chi connectivity index (χ2v) is 8.07. The van der Waals surface area contributed by atoms with Crippen LogP contribution in [0.5, 0.6) is 0 Å². The van der Waals surface area contributed by atoms with Crippen molar-refractivity contribution in [1.82, 2.24) is 20.0 Å². The molecule has 2 aromatic heterocycles. The molecule has 1 aliphatic carbocycles. The van der Waals surface area contributed by atoms with E-state index in [0.29, 0.717) is 10.7 Å². The Morgan fingerprint density at radius 2 is 2.08 bits per heavy atom. The first-order valence-corrected chi connectivity index (χ1v) is 9.95. The Labute approximate surface area is 164 Å². The van der Waals surface area contributed by atoms with E-state index in [1.54, 1.807) is 4.68 Å². The maximum atomic E-state index is 6.30. The largest absolute Gasteiger partial charge is 0.329 e. The number of benzene rings is 1. The topological polar surface area (TPSA) is 46.8 Å². The summed E-state index contributed by atoms with van der Waals surface area (Å²) in [5.41, 5.74) is 4.36. The number of anilines is 1. The lowest BCUT2D eigenvalue weighted by Crippen LogP contribution is -2.31. The lowest BCUT2D eigenvalue weighted by molar-refractivity contribution is 0.686. The van der Waals surface area contributed by atoms with Gasteiger partial charge < -0.3 is 4.90 Å². The standard InChI is InChI=1S/C19H17BrClN5/c1-25-17-14-10-11(21)7-8-12(14)19(22-18(17)23-24-25)26-9-3-4-13-15(20)5-2-6-16(13)26/h5,7-8,10H,2-4,6,9H2,1H3. The fourth-order valence-corrected chi connectivity index (χ4v) is 4.91. The van der Waals surface area contributed by atoms with Gasteiger partial charge >= 0.3 is 0 Å². The summed E-state index contributed by atoms with van der Waals surface area (Å²) in [6.45, 7) is 0.968. The number of allylic oxidation sites excluding steroid dienone is 4. The Balaban J connectivity index is 1.81. The minimum atomic E-state index is 0.662. The summed E-state index contributed by atoms with van der Waals surface area (Å²) < 4.78 is 3.00. The van der Waals surface area contributed by atoms with Crippen molar-refractivity contribution in [3.05, 3.63) is 45.1 Å². The Bertz CT molecular complexity index is 1110. The average Bonchev–Trinajstić information content (AvgIpc) is 3.02. The Morgan fingerprint density at radius 1 is 1.19 bits per heavy atom. The third kappa shape index (κ3) is 2.39. The number of aryl methyl sites for hydroxylation is 1. The minimum Gasteiger partial charge on any atom is -0.329 e. The van der Waals surface area contributed by atoms with Crippen molar-refractivity contribution in [1.29, 1.82) is 0 Å². The SMILES string of the molecule is Cn1nnc2nc(N3CCCC4=C3CCC=C4Br)c3ccc(Cl)cc3c21. The van der Waals surface area contributed by atoms with Crippen LogP contribution in [0.25, 0.3) is 21.9 Å². The van der Waals surface area contributed by atoms with Crippen LogP contribution in [0, 0.1) is 0 Å². The van der Waals surface area contributed by atoms with E-state index in [-0.39, 0.29) is 0 Å². The molecule has 7 heteroatoms. The van der Waals surface area contributed by atoms with Gasteiger partial charge in [-0.15, -0.1) is 5.10 Å². The maximum absolute atomic E-state index is 6.30. The summed E-state index contributed by atoms with van der Waals surface area (Å²) in [5, 5.41) is 11.3. The maximum Gasteiger partial charge on any atom is 0.204 e. The number of hydrogen-bond donors (Lipinski definition) is 0. The van der Waals surface area contributed by atoms with E-state index in [9.17, 15) is 0 Å². The number of nitrogens with zero attached hydrogens (tertiary/aromatic N) is 5. The van der Waals surface area contributed by atoms with Crippen molar-refractivity contribution in [3.63, 3.8) is 0 Å². The number of halogens is 2. The highest BCUT2D eigenvalue weighted by Gasteiger charge is 2.27. The van der Waals surface area contributed by atoms with Gasteiger partial charge in [-0.25, -0.2) is 9.67 Å². The Kier molecular flexibility index (Phi) is 3.79. The van der Waals surface area contributed by atoms with Crippen molar-refractivity contribution >= 4 is 55.3 Å². The average molecular weight is 431 g/mol. The zero-order valence-corrected chi connectivity index (χ0v) is 16.7. The summed E-state index contributed by atoms with van der Waals surface area (Å²) in [5.74, 6) is 0.957. The van der Waals surface area contributed by atoms with Crippen LogP contribution in [0.15, 0.2) is 40.0 Å². The van der Waals surface area contributed by atoms with Crippen molar-refractivity contribution in [2.75, 3.05) is 11.4 Å². The normalized spacial score (nSPS) is 17.8. The van der Waals surface area contributed by atoms with E-state index < -0.39 is 0 Å². The Hall–Kier alpha value is -1.92. The molecule has 0 unspecified atom stereocenters. The minimum absolute atomic E-state index is 0.662. The summed E-state index contributed by atoms with van der Waals surface area (Å²) in [7, 11) is 1.89. The van der Waals surface area contributed by atoms with Crippen LogP contribution in [0.2, 0.25) is 5.02 Å². The van der Waals surface area contributed by atoms with E-state index in [2.05, 4.69) is 43.3 Å². The van der Waals surface area contributed by atoms with Crippen LogP contribution in [-0.4, -0.2) is 26.5 Å². The van der Waals surface area contributed by atoms with Gasteiger partial charge in [0, 0.05) is 39.6 Å². The second kappa shape index (κ2) is 6.06. The molecule has 0 spiro atoms. The molecule has 0 bridgehead atoms. The number of hydrogen-bond acceptors (Lipinski definition) is 4. The van der Waals surface area contributed by atoms with E-state index in [1.165, 1.54) is 15.8 Å². The Morgan fingerprint density at radius 3 is 2.96 bits per heavy atom. The molecular weight excluding hydrogens is 414 g/mol. The monoisotopic (exact) mass is 429 g/mol. The number of fused-ring (bicyclic) bond motifs is 3. The fraction of sp³-hybridized carbons (Fsp3) is 0.316. The molecule has 0 saturated heterocycles. The third-order valence-corrected chi connectivity index (χ3v) is 6.27. The molecule has 5 nitrogen and oxygen atoms in total. The smallest absolute Gasteiger partial charge is 0.204 e. The molecule has 1 aliphatic heterocycles. The van der Waals surface area contributed by atoms with Crippen LogP contribution >= 0.6 is 27.5 Å². The van der Waals surface area contributed by atoms with Crippen molar-refractivity contribution in [3.8, 4) is 0 Å². The molecule has 1 aromatic carbocycles. The molecule has 5 rings (SSSR count). The van der Waals surface area contributed by atoms with Crippen LogP contribution in [0.3, 0.4) is 0 Å². The lowest BCUT2D eigenvalue weighted by Gasteiger charge is -2.35. The molecule has 0 saturated carbocycles. The number of aromatic nitrogens is 4. The molecule has 132 valence electrons. The molecule has 0 radical (unpaired) electrons. The van der Waals surface area contributed by atoms with E-state index in [0.717, 1.165) is 54.3 Å². The highest BCUT2D eigenvalue weighted by atomic mass is 79.9. The van der Waals surface area contributed by atoms with Crippen molar-refractivity contribution in [2.45, 2.75) is 25.7 Å². The predicted molar refractivity (Wildman–Crippen MR) is 109 cm³/mol. The summed E-state index contributed by atoms with van der Waals surface area (Å²) in [4.78, 5) is 7.29. The predicted octanol–water partition coefficient (Wildman–Crippen LogP) is 5.10. The first kappa shape index (κ1) is 16.3. The van der Waals surface area contributed by atoms with Crippen LogP contribution in [0.1, 0.15) is 25.7 Å². The van der Waals surface area contributed by atoms with E-state index >= 15 is 0 Å². The van der Waals surface area contributed by atoms with E-state index in [1.807, 2.05) is 19.2 Å². The van der Waals surface area contributed by atoms with Gasteiger partial charge in [0.2, 0.25) is 5.65 Å². The van der Waals surface area contributed by atoms with Gasteiger partial charge in [0.25, 0.3) is 0 Å². The van der Waals surface area contributed by atoms with Gasteiger partial charge in [-0.1, -0.05) is 38.8 Å². The first-order valence-electron chi connectivity index (χ1n) is 8.78. The fourth-order valence-electron chi connectivity index (χ4n) is 4.08. The molecule has 3 heterocycles. The summed E-state index contributed by atoms with van der Waals surface area (Å²) in [6.07, 6.45) is 6.59. The van der Waals surface area contributed by atoms with Crippen LogP contribution < -0.4 is 4.90 Å². The molecule has 0 atom stereocenters. The number of pyridine rings is 1. The third-order valence-electron chi connectivity index (χ3n) is 5.23. The molecule has 0 fully saturated rings. The zero-order valence-electron chi connectivity index (χ0n) is 14.3. The molecule has 26 heavy (non-hydrogen) atoms. The highest BCUT2D eigenvalue weighted by Crippen LogP contribution is 2.41. The van der Waals surface area contributed by atoms with Crippen molar-refractivity contribution in [2.24, 2.45) is 7.05 Å². The second-order valence-electron chi connectivity index (χ2n) is 6.78. The molecule has 3 aromatic rings. The molecule has 2 aliphatic rings. The number of rotatable bonds is 1. The molecule has 0 amide bonds. The summed E-state index contributed by atoms with van der Waals surface area (Å²) >= 11 is 10.0. The van der Waals surface area contributed by atoms with Crippen LogP contribution in [0.4, 0.5) is 5.82 Å². The van der Waals surface area contributed by atoms with E-state index in [4.69, 9.17) is 16.6 Å². The van der Waals surface area contributed by atoms with Gasteiger partial charge in [0.15, 0.2) is 0 Å². The highest BCUT2D eigenvalue weighted by molar-refractivity contribution is 9.12. The first-order chi connectivity index (χ1) is 12.6. The van der Waals surface area contributed by atoms with Gasteiger partial charge in [0.1, 0.15) is 11.3 Å². The molecular formula is C19H17BrClN5. The van der Waals surface area contributed by atoms with Crippen molar-refractivity contribution < 1.29 is 0 Å². The van der Waals surface area contributed by atoms with Gasteiger partial charge in [0.05, 0.1) is 0 Å². The van der Waals surface area contributed by atoms with Gasteiger partial charge in [-0.3, -0.25) is 0 Å². The molecule has 0 N–H and O–H groups in total. The zero-order chi connectivity index (χ0) is 17.8. The lowest BCUT2D eigenvalue weighted by atomic mass is 9.94. The quantitative estimate of drug-likeness (QED) is 0.539.